The molecule has 1 aromatic heterocycles. The summed E-state index contributed by atoms with van der Waals surface area (Å²) >= 11 is 0. The van der Waals surface area contributed by atoms with Gasteiger partial charge in [-0.1, -0.05) is 18.2 Å². The Morgan fingerprint density at radius 1 is 1.04 bits per heavy atom. The zero-order chi connectivity index (χ0) is 17.6. The van der Waals surface area contributed by atoms with E-state index in [1.807, 2.05) is 12.1 Å². The number of imide groups is 1. The minimum Gasteiger partial charge on any atom is -0.466 e. The van der Waals surface area contributed by atoms with Crippen molar-refractivity contribution in [1.82, 2.24) is 9.88 Å². The van der Waals surface area contributed by atoms with E-state index < -0.39 is 5.97 Å². The van der Waals surface area contributed by atoms with Gasteiger partial charge in [0, 0.05) is 18.9 Å². The number of hydrogen-bond acceptors (Lipinski definition) is 5. The Kier molecular flexibility index (Phi) is 5.18. The van der Waals surface area contributed by atoms with Gasteiger partial charge < -0.3 is 4.74 Å². The Balaban J connectivity index is 1.41. The van der Waals surface area contributed by atoms with Gasteiger partial charge in [-0.3, -0.25) is 24.3 Å². The molecule has 0 unspecified atom stereocenters. The smallest absolute Gasteiger partial charge is 0.307 e. The fourth-order valence-electron chi connectivity index (χ4n) is 2.73. The predicted octanol–water partition coefficient (Wildman–Crippen LogP) is 2.24. The van der Waals surface area contributed by atoms with E-state index in [9.17, 15) is 14.4 Å². The Bertz CT molecular complexity index is 754. The highest BCUT2D eigenvalue weighted by molar-refractivity contribution is 6.21. The molecule has 0 N–H and O–H groups in total. The fourth-order valence-corrected chi connectivity index (χ4v) is 2.73. The Hall–Kier alpha value is -3.02. The summed E-state index contributed by atoms with van der Waals surface area (Å²) in [6.45, 7) is 0.337. The van der Waals surface area contributed by atoms with E-state index in [1.165, 1.54) is 0 Å². The standard InChI is InChI=1S/C19H18N2O4/c22-17(25-12-4-6-14-5-3-10-20-13-14)9-11-21-18(23)15-7-1-2-8-16(15)19(21)24/h1-3,5,7-8,10,13H,4,6,9,11-12H2. The zero-order valence-electron chi connectivity index (χ0n) is 13.7. The number of rotatable bonds is 7. The number of hydrogen-bond donors (Lipinski definition) is 0. The second-order valence-electron chi connectivity index (χ2n) is 5.74. The molecule has 2 aromatic rings. The van der Waals surface area contributed by atoms with Gasteiger partial charge in [-0.05, 0) is 36.6 Å². The molecule has 2 amide bonds. The summed E-state index contributed by atoms with van der Waals surface area (Å²) in [5, 5.41) is 0. The number of ether oxygens (including phenoxy) is 1. The molecule has 0 fully saturated rings. The van der Waals surface area contributed by atoms with Gasteiger partial charge in [-0.25, -0.2) is 0 Å². The molecule has 25 heavy (non-hydrogen) atoms. The van der Waals surface area contributed by atoms with Crippen LogP contribution in [0.25, 0.3) is 0 Å². The number of esters is 1. The van der Waals surface area contributed by atoms with Gasteiger partial charge in [-0.2, -0.15) is 0 Å². The Morgan fingerprint density at radius 3 is 2.40 bits per heavy atom. The Labute approximate surface area is 145 Å². The first-order chi connectivity index (χ1) is 12.2. The van der Waals surface area contributed by atoms with E-state index in [0.717, 1.165) is 16.9 Å². The highest BCUT2D eigenvalue weighted by atomic mass is 16.5. The normalized spacial score (nSPS) is 13.0. The van der Waals surface area contributed by atoms with Gasteiger partial charge in [-0.15, -0.1) is 0 Å². The molecule has 1 aliphatic rings. The highest BCUT2D eigenvalue weighted by Gasteiger charge is 2.35. The van der Waals surface area contributed by atoms with Crippen LogP contribution in [0.2, 0.25) is 0 Å². The van der Waals surface area contributed by atoms with Crippen LogP contribution >= 0.6 is 0 Å². The molecule has 1 aromatic carbocycles. The number of amides is 2. The van der Waals surface area contributed by atoms with Gasteiger partial charge >= 0.3 is 5.97 Å². The maximum atomic E-state index is 12.2. The van der Waals surface area contributed by atoms with E-state index in [0.29, 0.717) is 24.2 Å². The third-order valence-electron chi connectivity index (χ3n) is 4.01. The van der Waals surface area contributed by atoms with Crippen molar-refractivity contribution in [2.75, 3.05) is 13.2 Å². The summed E-state index contributed by atoms with van der Waals surface area (Å²) in [4.78, 5) is 41.3. The van der Waals surface area contributed by atoms with Crippen LogP contribution in [0.1, 0.15) is 39.1 Å². The van der Waals surface area contributed by atoms with Gasteiger partial charge in [0.15, 0.2) is 0 Å². The zero-order valence-corrected chi connectivity index (χ0v) is 13.7. The molecule has 3 rings (SSSR count). The van der Waals surface area contributed by atoms with Crippen LogP contribution < -0.4 is 0 Å². The molecular formula is C19H18N2O4. The first kappa shape index (κ1) is 16.8. The third kappa shape index (κ3) is 3.91. The van der Waals surface area contributed by atoms with Gasteiger partial charge in [0.2, 0.25) is 0 Å². The maximum Gasteiger partial charge on any atom is 0.307 e. The summed E-state index contributed by atoms with van der Waals surface area (Å²) < 4.78 is 5.16. The molecule has 0 spiro atoms. The quantitative estimate of drug-likeness (QED) is 0.440. The van der Waals surface area contributed by atoms with Crippen LogP contribution in [0.3, 0.4) is 0 Å². The highest BCUT2D eigenvalue weighted by Crippen LogP contribution is 2.22. The predicted molar refractivity (Wildman–Crippen MR) is 89.9 cm³/mol. The number of benzene rings is 1. The largest absolute Gasteiger partial charge is 0.466 e. The van der Waals surface area contributed by atoms with Crippen LogP contribution in [0, 0.1) is 0 Å². The number of nitrogens with zero attached hydrogens (tertiary/aromatic N) is 2. The van der Waals surface area contributed by atoms with Crippen LogP contribution in [0.5, 0.6) is 0 Å². The van der Waals surface area contributed by atoms with Gasteiger partial charge in [0.05, 0.1) is 24.2 Å². The number of fused-ring (bicyclic) bond motifs is 1. The first-order valence-electron chi connectivity index (χ1n) is 8.16. The summed E-state index contributed by atoms with van der Waals surface area (Å²) in [5.41, 5.74) is 1.86. The third-order valence-corrected chi connectivity index (χ3v) is 4.01. The van der Waals surface area contributed by atoms with Crippen LogP contribution in [-0.4, -0.2) is 40.8 Å². The average molecular weight is 338 g/mol. The van der Waals surface area contributed by atoms with Crippen molar-refractivity contribution < 1.29 is 19.1 Å². The van der Waals surface area contributed by atoms with Gasteiger partial charge in [0.25, 0.3) is 11.8 Å². The van der Waals surface area contributed by atoms with E-state index in [1.54, 1.807) is 36.7 Å². The maximum absolute atomic E-state index is 12.2. The molecular weight excluding hydrogens is 320 g/mol. The first-order valence-corrected chi connectivity index (χ1v) is 8.16. The number of pyridine rings is 1. The molecule has 0 bridgehead atoms. The molecule has 6 nitrogen and oxygen atoms in total. The molecule has 0 radical (unpaired) electrons. The summed E-state index contributed by atoms with van der Waals surface area (Å²) in [6.07, 6.45) is 4.97. The van der Waals surface area contributed by atoms with Crippen molar-refractivity contribution in [2.45, 2.75) is 19.3 Å². The lowest BCUT2D eigenvalue weighted by atomic mass is 10.1. The monoisotopic (exact) mass is 338 g/mol. The summed E-state index contributed by atoms with van der Waals surface area (Å²) in [7, 11) is 0. The molecule has 128 valence electrons. The fraction of sp³-hybridized carbons (Fsp3) is 0.263. The molecule has 0 saturated heterocycles. The Morgan fingerprint density at radius 2 is 1.76 bits per heavy atom. The molecule has 0 aliphatic carbocycles. The molecule has 0 atom stereocenters. The minimum atomic E-state index is -0.414. The molecule has 0 saturated carbocycles. The average Bonchev–Trinajstić information content (AvgIpc) is 2.89. The summed E-state index contributed by atoms with van der Waals surface area (Å²) in [6, 6.07) is 10.5. The van der Waals surface area contributed by atoms with Crippen molar-refractivity contribution in [3.63, 3.8) is 0 Å². The topological polar surface area (TPSA) is 76.6 Å². The van der Waals surface area contributed by atoms with E-state index in [-0.39, 0.29) is 24.8 Å². The van der Waals surface area contributed by atoms with Crippen molar-refractivity contribution >= 4 is 17.8 Å². The van der Waals surface area contributed by atoms with Crippen molar-refractivity contribution in [3.8, 4) is 0 Å². The lowest BCUT2D eigenvalue weighted by Gasteiger charge is -2.13. The second-order valence-corrected chi connectivity index (χ2v) is 5.74. The van der Waals surface area contributed by atoms with Crippen LogP contribution in [-0.2, 0) is 16.0 Å². The van der Waals surface area contributed by atoms with Gasteiger partial charge in [0.1, 0.15) is 0 Å². The second kappa shape index (κ2) is 7.70. The van der Waals surface area contributed by atoms with E-state index in [4.69, 9.17) is 4.74 Å². The summed E-state index contributed by atoms with van der Waals surface area (Å²) in [5.74, 6) is -1.13. The SMILES string of the molecule is O=C(CCN1C(=O)c2ccccc2C1=O)OCCCc1cccnc1. The van der Waals surface area contributed by atoms with Crippen molar-refractivity contribution in [3.05, 3.63) is 65.5 Å². The minimum absolute atomic E-state index is 0.00163. The van der Waals surface area contributed by atoms with Crippen molar-refractivity contribution in [2.24, 2.45) is 0 Å². The number of carbonyl (C=O) groups excluding carboxylic acids is 3. The molecule has 6 heteroatoms. The molecule has 2 heterocycles. The molecule has 1 aliphatic heterocycles. The number of aryl methyl sites for hydroxylation is 1. The number of carbonyl (C=O) groups is 3. The van der Waals surface area contributed by atoms with E-state index >= 15 is 0 Å². The lowest BCUT2D eigenvalue weighted by Crippen LogP contribution is -2.32. The van der Waals surface area contributed by atoms with Crippen molar-refractivity contribution in [1.29, 1.82) is 0 Å². The number of aromatic nitrogens is 1. The van der Waals surface area contributed by atoms with Crippen LogP contribution in [0.4, 0.5) is 0 Å². The lowest BCUT2D eigenvalue weighted by molar-refractivity contribution is -0.143. The van der Waals surface area contributed by atoms with Crippen LogP contribution in [0.15, 0.2) is 48.8 Å². The van der Waals surface area contributed by atoms with E-state index in [2.05, 4.69) is 4.98 Å².